The number of anilines is 2. The lowest BCUT2D eigenvalue weighted by Crippen LogP contribution is -2.13. The van der Waals surface area contributed by atoms with E-state index < -0.39 is 0 Å². The van der Waals surface area contributed by atoms with Gasteiger partial charge in [-0.05, 0) is 68.6 Å². The Labute approximate surface area is 138 Å². The van der Waals surface area contributed by atoms with Crippen molar-refractivity contribution in [1.29, 1.82) is 0 Å². The Bertz CT molecular complexity index is 666. The molecule has 0 aliphatic heterocycles. The summed E-state index contributed by atoms with van der Waals surface area (Å²) in [5.74, 6) is -0.277. The highest BCUT2D eigenvalue weighted by Gasteiger charge is 2.14. The SMILES string of the molecule is Cc1ccc(C(=O)Nc2c(Br)cc(N)cc2Br)c(Cl)c1. The van der Waals surface area contributed by atoms with E-state index in [0.717, 1.165) is 5.56 Å². The Balaban J connectivity index is 2.33. The van der Waals surface area contributed by atoms with Gasteiger partial charge in [-0.1, -0.05) is 17.7 Å². The molecule has 20 heavy (non-hydrogen) atoms. The summed E-state index contributed by atoms with van der Waals surface area (Å²) in [5, 5.41) is 3.23. The zero-order valence-electron chi connectivity index (χ0n) is 10.5. The Kier molecular flexibility index (Phi) is 4.73. The molecule has 104 valence electrons. The zero-order chi connectivity index (χ0) is 14.9. The average Bonchev–Trinajstić information content (AvgIpc) is 2.33. The number of carbonyl (C=O) groups excluding carboxylic acids is 1. The monoisotopic (exact) mass is 416 g/mol. The molecule has 1 amide bonds. The summed E-state index contributed by atoms with van der Waals surface area (Å²) in [5.41, 5.74) is 8.35. The Morgan fingerprint density at radius 2 is 1.80 bits per heavy atom. The smallest absolute Gasteiger partial charge is 0.257 e. The summed E-state index contributed by atoms with van der Waals surface area (Å²) < 4.78 is 1.39. The minimum Gasteiger partial charge on any atom is -0.399 e. The predicted molar refractivity (Wildman–Crippen MR) is 90.4 cm³/mol. The van der Waals surface area contributed by atoms with E-state index >= 15 is 0 Å². The summed E-state index contributed by atoms with van der Waals surface area (Å²) in [6.45, 7) is 1.92. The summed E-state index contributed by atoms with van der Waals surface area (Å²) in [6.07, 6.45) is 0. The van der Waals surface area contributed by atoms with Crippen molar-refractivity contribution < 1.29 is 4.79 Å². The molecule has 0 aliphatic rings. The van der Waals surface area contributed by atoms with Crippen LogP contribution in [-0.2, 0) is 0 Å². The summed E-state index contributed by atoms with van der Waals surface area (Å²) in [6, 6.07) is 8.73. The standard InChI is InChI=1S/C14H11Br2ClN2O/c1-7-2-3-9(12(17)4-7)14(20)19-13-10(15)5-8(18)6-11(13)16/h2-6H,18H2,1H3,(H,19,20). The van der Waals surface area contributed by atoms with E-state index in [9.17, 15) is 4.79 Å². The highest BCUT2D eigenvalue weighted by Crippen LogP contribution is 2.34. The second-order valence-corrected chi connectivity index (χ2v) is 6.41. The van der Waals surface area contributed by atoms with Gasteiger partial charge in [-0.25, -0.2) is 0 Å². The van der Waals surface area contributed by atoms with E-state index in [1.54, 1.807) is 24.3 Å². The van der Waals surface area contributed by atoms with Crippen molar-refractivity contribution in [3.8, 4) is 0 Å². The number of aryl methyl sites for hydroxylation is 1. The minimum absolute atomic E-state index is 0.277. The van der Waals surface area contributed by atoms with Crippen LogP contribution in [0.5, 0.6) is 0 Å². The number of nitrogen functional groups attached to an aromatic ring is 1. The van der Waals surface area contributed by atoms with Crippen LogP contribution < -0.4 is 11.1 Å². The van der Waals surface area contributed by atoms with Gasteiger partial charge in [0.25, 0.3) is 5.91 Å². The fourth-order valence-corrected chi connectivity index (χ4v) is 3.44. The molecule has 0 saturated heterocycles. The Morgan fingerprint density at radius 1 is 1.20 bits per heavy atom. The Morgan fingerprint density at radius 3 is 2.35 bits per heavy atom. The second-order valence-electron chi connectivity index (χ2n) is 4.30. The number of benzene rings is 2. The first-order chi connectivity index (χ1) is 9.38. The van der Waals surface area contributed by atoms with Gasteiger partial charge in [-0.15, -0.1) is 0 Å². The van der Waals surface area contributed by atoms with Crippen molar-refractivity contribution in [2.75, 3.05) is 11.1 Å². The van der Waals surface area contributed by atoms with Gasteiger partial charge in [-0.3, -0.25) is 4.79 Å². The van der Waals surface area contributed by atoms with Gasteiger partial charge in [0.1, 0.15) is 0 Å². The number of amides is 1. The summed E-state index contributed by atoms with van der Waals surface area (Å²) in [4.78, 5) is 12.3. The first-order valence-electron chi connectivity index (χ1n) is 5.70. The van der Waals surface area contributed by atoms with Gasteiger partial charge < -0.3 is 11.1 Å². The highest BCUT2D eigenvalue weighted by atomic mass is 79.9. The van der Waals surface area contributed by atoms with Crippen LogP contribution in [0.15, 0.2) is 39.3 Å². The molecular formula is C14H11Br2ClN2O. The van der Waals surface area contributed by atoms with E-state index in [-0.39, 0.29) is 5.91 Å². The zero-order valence-corrected chi connectivity index (χ0v) is 14.4. The predicted octanol–water partition coefficient (Wildman–Crippen LogP) is 5.01. The van der Waals surface area contributed by atoms with Crippen molar-refractivity contribution in [2.45, 2.75) is 6.92 Å². The maximum absolute atomic E-state index is 12.3. The average molecular weight is 419 g/mol. The lowest BCUT2D eigenvalue weighted by Gasteiger charge is -2.11. The second kappa shape index (κ2) is 6.16. The number of nitrogens with one attached hydrogen (secondary N) is 1. The van der Waals surface area contributed by atoms with Crippen LogP contribution in [0.1, 0.15) is 15.9 Å². The lowest BCUT2D eigenvalue weighted by molar-refractivity contribution is 0.102. The van der Waals surface area contributed by atoms with Gasteiger partial charge in [-0.2, -0.15) is 0 Å². The first-order valence-corrected chi connectivity index (χ1v) is 7.67. The molecule has 0 radical (unpaired) electrons. The van der Waals surface area contributed by atoms with Crippen LogP contribution in [0.4, 0.5) is 11.4 Å². The number of hydrogen-bond donors (Lipinski definition) is 2. The van der Waals surface area contributed by atoms with E-state index in [4.69, 9.17) is 17.3 Å². The minimum atomic E-state index is -0.277. The van der Waals surface area contributed by atoms with Crippen molar-refractivity contribution in [2.24, 2.45) is 0 Å². The molecular weight excluding hydrogens is 407 g/mol. The van der Waals surface area contributed by atoms with Gasteiger partial charge in [0.2, 0.25) is 0 Å². The van der Waals surface area contributed by atoms with Crippen molar-refractivity contribution in [1.82, 2.24) is 0 Å². The lowest BCUT2D eigenvalue weighted by atomic mass is 10.1. The number of carbonyl (C=O) groups is 1. The van der Waals surface area contributed by atoms with Crippen molar-refractivity contribution in [3.63, 3.8) is 0 Å². The number of halogens is 3. The molecule has 0 atom stereocenters. The van der Waals surface area contributed by atoms with Crippen molar-refractivity contribution >= 4 is 60.7 Å². The third-order valence-electron chi connectivity index (χ3n) is 2.67. The normalized spacial score (nSPS) is 10.4. The first kappa shape index (κ1) is 15.4. The van der Waals surface area contributed by atoms with E-state index in [1.165, 1.54) is 0 Å². The molecule has 0 heterocycles. The molecule has 0 spiro atoms. The fraction of sp³-hybridized carbons (Fsp3) is 0.0714. The van der Waals surface area contributed by atoms with Crippen LogP contribution in [0.25, 0.3) is 0 Å². The van der Waals surface area contributed by atoms with Gasteiger partial charge in [0, 0.05) is 14.6 Å². The maximum Gasteiger partial charge on any atom is 0.257 e. The number of nitrogens with two attached hydrogens (primary N) is 1. The van der Waals surface area contributed by atoms with Gasteiger partial charge >= 0.3 is 0 Å². The molecule has 0 aromatic heterocycles. The number of rotatable bonds is 2. The molecule has 2 rings (SSSR count). The molecule has 6 heteroatoms. The molecule has 0 fully saturated rings. The van der Waals surface area contributed by atoms with Gasteiger partial charge in [0.15, 0.2) is 0 Å². The van der Waals surface area contributed by atoms with Crippen LogP contribution in [0.3, 0.4) is 0 Å². The van der Waals surface area contributed by atoms with Crippen LogP contribution >= 0.6 is 43.5 Å². The molecule has 0 unspecified atom stereocenters. The van der Waals surface area contributed by atoms with E-state index in [0.29, 0.717) is 30.9 Å². The molecule has 2 aromatic rings. The maximum atomic E-state index is 12.3. The largest absolute Gasteiger partial charge is 0.399 e. The Hall–Kier alpha value is -1.04. The third kappa shape index (κ3) is 3.34. The number of hydrogen-bond acceptors (Lipinski definition) is 2. The van der Waals surface area contributed by atoms with E-state index in [2.05, 4.69) is 37.2 Å². The van der Waals surface area contributed by atoms with Crippen LogP contribution in [0.2, 0.25) is 5.02 Å². The van der Waals surface area contributed by atoms with E-state index in [1.807, 2.05) is 13.0 Å². The third-order valence-corrected chi connectivity index (χ3v) is 4.24. The van der Waals surface area contributed by atoms with Crippen LogP contribution in [0, 0.1) is 6.92 Å². The molecule has 0 bridgehead atoms. The molecule has 3 N–H and O–H groups in total. The molecule has 0 aliphatic carbocycles. The molecule has 3 nitrogen and oxygen atoms in total. The summed E-state index contributed by atoms with van der Waals surface area (Å²) in [7, 11) is 0. The van der Waals surface area contributed by atoms with Crippen molar-refractivity contribution in [3.05, 3.63) is 55.4 Å². The summed E-state index contributed by atoms with van der Waals surface area (Å²) >= 11 is 12.8. The highest BCUT2D eigenvalue weighted by molar-refractivity contribution is 9.11. The topological polar surface area (TPSA) is 55.1 Å². The quantitative estimate of drug-likeness (QED) is 0.674. The van der Waals surface area contributed by atoms with Gasteiger partial charge in [0.05, 0.1) is 16.3 Å². The molecule has 2 aromatic carbocycles. The molecule has 0 saturated carbocycles. The fourth-order valence-electron chi connectivity index (χ4n) is 1.70. The van der Waals surface area contributed by atoms with Crippen LogP contribution in [-0.4, -0.2) is 5.91 Å².